The highest BCUT2D eigenvalue weighted by atomic mass is 16.6. The molecule has 7 heteroatoms. The molecule has 0 spiro atoms. The molecule has 7 nitrogen and oxygen atoms in total. The van der Waals surface area contributed by atoms with E-state index in [2.05, 4.69) is 10.6 Å². The zero-order valence-electron chi connectivity index (χ0n) is 22.7. The highest BCUT2D eigenvalue weighted by Crippen LogP contribution is 2.28. The first kappa shape index (κ1) is 27.7. The highest BCUT2D eigenvalue weighted by Gasteiger charge is 2.34. The van der Waals surface area contributed by atoms with E-state index in [-0.39, 0.29) is 18.4 Å². The topological polar surface area (TPSA) is 87.7 Å². The molecule has 0 aliphatic rings. The van der Waals surface area contributed by atoms with Gasteiger partial charge in [-0.15, -0.1) is 0 Å². The van der Waals surface area contributed by atoms with Gasteiger partial charge in [0.25, 0.3) is 5.91 Å². The maximum absolute atomic E-state index is 13.8. The van der Waals surface area contributed by atoms with E-state index in [1.165, 1.54) is 4.90 Å². The van der Waals surface area contributed by atoms with Crippen LogP contribution in [0.15, 0.2) is 60.7 Å². The fourth-order valence-corrected chi connectivity index (χ4v) is 4.24. The molecule has 196 valence electrons. The lowest BCUT2D eigenvalue weighted by Gasteiger charge is -2.33. The largest absolute Gasteiger partial charge is 0.444 e. The maximum atomic E-state index is 13.8. The first-order valence-corrected chi connectivity index (χ1v) is 12.6. The van der Waals surface area contributed by atoms with Crippen LogP contribution in [0.2, 0.25) is 0 Å². The number of aryl methyl sites for hydroxylation is 2. The van der Waals surface area contributed by atoms with Crippen molar-refractivity contribution in [2.24, 2.45) is 0 Å². The average Bonchev–Trinajstić information content (AvgIpc) is 2.82. The van der Waals surface area contributed by atoms with Crippen LogP contribution >= 0.6 is 0 Å². The summed E-state index contributed by atoms with van der Waals surface area (Å²) in [6.45, 7) is 12.8. The van der Waals surface area contributed by atoms with Gasteiger partial charge in [0.05, 0.1) is 0 Å². The van der Waals surface area contributed by atoms with Gasteiger partial charge in [0.2, 0.25) is 5.91 Å². The second-order valence-electron chi connectivity index (χ2n) is 10.3. The number of hydrogen-bond acceptors (Lipinski definition) is 4. The molecule has 3 amide bonds. The number of nitrogens with zero attached hydrogens (tertiary/aromatic N) is 1. The standard InChI is InChI=1S/C30H37N3O4/c1-8-33(28(35)21(4)31-29(36)37-30(5,6)7)26(25-17-19(2)13-14-20(25)3)27(34)32-24-16-15-22-11-9-10-12-23(22)18-24/h9-18,21,26H,8H2,1-7H3,(H,31,36)(H,32,34). The normalized spacial score (nSPS) is 12.9. The Balaban J connectivity index is 1.94. The van der Waals surface area contributed by atoms with Gasteiger partial charge in [0, 0.05) is 12.2 Å². The number of amides is 3. The van der Waals surface area contributed by atoms with Crippen LogP contribution in [-0.2, 0) is 14.3 Å². The molecule has 2 unspecified atom stereocenters. The third kappa shape index (κ3) is 7.09. The third-order valence-electron chi connectivity index (χ3n) is 6.03. The van der Waals surface area contributed by atoms with Crippen molar-refractivity contribution in [1.82, 2.24) is 10.2 Å². The molecule has 2 N–H and O–H groups in total. The summed E-state index contributed by atoms with van der Waals surface area (Å²) >= 11 is 0. The van der Waals surface area contributed by atoms with Crippen molar-refractivity contribution < 1.29 is 19.1 Å². The molecule has 3 aromatic rings. The molecule has 0 saturated carbocycles. The molecule has 0 radical (unpaired) electrons. The molecule has 0 aliphatic heterocycles. The van der Waals surface area contributed by atoms with Crippen molar-refractivity contribution in [1.29, 1.82) is 0 Å². The molecule has 0 heterocycles. The maximum Gasteiger partial charge on any atom is 0.408 e. The summed E-state index contributed by atoms with van der Waals surface area (Å²) in [5, 5.41) is 7.69. The SMILES string of the molecule is CCN(C(=O)C(C)NC(=O)OC(C)(C)C)C(C(=O)Nc1ccc2ccccc2c1)c1cc(C)ccc1C. The Morgan fingerprint density at radius 1 is 0.946 bits per heavy atom. The van der Waals surface area contributed by atoms with Crippen molar-refractivity contribution >= 4 is 34.4 Å². The van der Waals surface area contributed by atoms with Gasteiger partial charge in [0.15, 0.2) is 0 Å². The molecule has 3 aromatic carbocycles. The highest BCUT2D eigenvalue weighted by molar-refractivity contribution is 6.00. The number of hydrogen-bond donors (Lipinski definition) is 2. The summed E-state index contributed by atoms with van der Waals surface area (Å²) in [5.74, 6) is -0.712. The van der Waals surface area contributed by atoms with Crippen molar-refractivity contribution in [3.63, 3.8) is 0 Å². The zero-order valence-corrected chi connectivity index (χ0v) is 22.7. The van der Waals surface area contributed by atoms with Crippen LogP contribution in [0.5, 0.6) is 0 Å². The fourth-order valence-electron chi connectivity index (χ4n) is 4.24. The summed E-state index contributed by atoms with van der Waals surface area (Å²) in [6, 6.07) is 17.7. The lowest BCUT2D eigenvalue weighted by Crippen LogP contribution is -2.51. The molecular weight excluding hydrogens is 466 g/mol. The summed E-state index contributed by atoms with van der Waals surface area (Å²) in [4.78, 5) is 41.2. The monoisotopic (exact) mass is 503 g/mol. The number of rotatable bonds is 7. The van der Waals surface area contributed by atoms with Gasteiger partial charge in [-0.3, -0.25) is 9.59 Å². The van der Waals surface area contributed by atoms with Crippen LogP contribution in [0, 0.1) is 13.8 Å². The number of anilines is 1. The minimum absolute atomic E-state index is 0.266. The van der Waals surface area contributed by atoms with Gasteiger partial charge in [-0.1, -0.05) is 54.1 Å². The van der Waals surface area contributed by atoms with E-state index < -0.39 is 23.8 Å². The van der Waals surface area contributed by atoms with Gasteiger partial charge in [-0.25, -0.2) is 4.79 Å². The van der Waals surface area contributed by atoms with E-state index >= 15 is 0 Å². The Kier molecular flexibility index (Phi) is 8.58. The summed E-state index contributed by atoms with van der Waals surface area (Å²) < 4.78 is 5.31. The molecule has 37 heavy (non-hydrogen) atoms. The molecule has 0 fully saturated rings. The predicted octanol–water partition coefficient (Wildman–Crippen LogP) is 5.90. The lowest BCUT2D eigenvalue weighted by atomic mass is 9.96. The van der Waals surface area contributed by atoms with Gasteiger partial charge in [-0.05, 0) is 82.5 Å². The second-order valence-corrected chi connectivity index (χ2v) is 10.3. The number of alkyl carbamates (subject to hydrolysis) is 1. The van der Waals surface area contributed by atoms with Crippen molar-refractivity contribution in [3.05, 3.63) is 77.4 Å². The molecule has 0 saturated heterocycles. The van der Waals surface area contributed by atoms with E-state index in [4.69, 9.17) is 4.74 Å². The predicted molar refractivity (Wildman–Crippen MR) is 147 cm³/mol. The molecule has 0 aliphatic carbocycles. The number of likely N-dealkylation sites (N-methyl/N-ethyl adjacent to an activating group) is 1. The van der Waals surface area contributed by atoms with Gasteiger partial charge in [0.1, 0.15) is 17.7 Å². The van der Waals surface area contributed by atoms with Crippen LogP contribution in [0.4, 0.5) is 10.5 Å². The van der Waals surface area contributed by atoms with E-state index in [1.54, 1.807) is 27.7 Å². The summed E-state index contributed by atoms with van der Waals surface area (Å²) in [6.07, 6.45) is -0.687. The molecule has 0 bridgehead atoms. The first-order chi connectivity index (χ1) is 17.4. The third-order valence-corrected chi connectivity index (χ3v) is 6.03. The first-order valence-electron chi connectivity index (χ1n) is 12.6. The molecule has 0 aromatic heterocycles. The number of benzene rings is 3. The zero-order chi connectivity index (χ0) is 27.3. The Morgan fingerprint density at radius 3 is 2.27 bits per heavy atom. The van der Waals surface area contributed by atoms with Crippen LogP contribution in [0.3, 0.4) is 0 Å². The van der Waals surface area contributed by atoms with E-state index in [1.807, 2.05) is 81.4 Å². The van der Waals surface area contributed by atoms with E-state index in [0.717, 1.165) is 27.5 Å². The Hall–Kier alpha value is -3.87. The quantitative estimate of drug-likeness (QED) is 0.420. The van der Waals surface area contributed by atoms with Crippen LogP contribution in [-0.4, -0.2) is 41.0 Å². The Bertz CT molecular complexity index is 1300. The second kappa shape index (κ2) is 11.5. The fraction of sp³-hybridized carbons (Fsp3) is 0.367. The lowest BCUT2D eigenvalue weighted by molar-refractivity contribution is -0.140. The Labute approximate surface area is 219 Å². The van der Waals surface area contributed by atoms with Gasteiger partial charge >= 0.3 is 6.09 Å². The Morgan fingerprint density at radius 2 is 1.62 bits per heavy atom. The number of carbonyl (C=O) groups is 3. The number of ether oxygens (including phenoxy) is 1. The minimum atomic E-state index is -0.897. The van der Waals surface area contributed by atoms with Crippen molar-refractivity contribution in [2.75, 3.05) is 11.9 Å². The van der Waals surface area contributed by atoms with Crippen molar-refractivity contribution in [2.45, 2.75) is 66.2 Å². The van der Waals surface area contributed by atoms with Crippen LogP contribution < -0.4 is 10.6 Å². The number of fused-ring (bicyclic) bond motifs is 1. The van der Waals surface area contributed by atoms with E-state index in [0.29, 0.717) is 5.69 Å². The van der Waals surface area contributed by atoms with Crippen LogP contribution in [0.1, 0.15) is 57.4 Å². The molecule has 2 atom stereocenters. The minimum Gasteiger partial charge on any atom is -0.444 e. The number of nitrogens with one attached hydrogen (secondary N) is 2. The van der Waals surface area contributed by atoms with Gasteiger partial charge in [-0.2, -0.15) is 0 Å². The van der Waals surface area contributed by atoms with Gasteiger partial charge < -0.3 is 20.3 Å². The summed E-state index contributed by atoms with van der Waals surface area (Å²) in [7, 11) is 0. The van der Waals surface area contributed by atoms with E-state index in [9.17, 15) is 14.4 Å². The molecular formula is C30H37N3O4. The smallest absolute Gasteiger partial charge is 0.408 e. The van der Waals surface area contributed by atoms with Crippen molar-refractivity contribution in [3.8, 4) is 0 Å². The summed E-state index contributed by atoms with van der Waals surface area (Å²) in [5.41, 5.74) is 2.55. The molecule has 3 rings (SSSR count). The van der Waals surface area contributed by atoms with Crippen LogP contribution in [0.25, 0.3) is 10.8 Å². The average molecular weight is 504 g/mol. The number of carbonyl (C=O) groups excluding carboxylic acids is 3.